The third-order valence-electron chi connectivity index (χ3n) is 4.38. The summed E-state index contributed by atoms with van der Waals surface area (Å²) in [6.07, 6.45) is 4.25. The van der Waals surface area contributed by atoms with Gasteiger partial charge in [-0.1, -0.05) is 17.4 Å². The van der Waals surface area contributed by atoms with Crippen LogP contribution in [0.3, 0.4) is 0 Å². The van der Waals surface area contributed by atoms with Crippen molar-refractivity contribution in [2.45, 2.75) is 25.7 Å². The highest BCUT2D eigenvalue weighted by molar-refractivity contribution is 7.23. The van der Waals surface area contributed by atoms with Gasteiger partial charge < -0.3 is 14.8 Å². The van der Waals surface area contributed by atoms with Crippen LogP contribution >= 0.6 is 22.7 Å². The van der Waals surface area contributed by atoms with Gasteiger partial charge in [-0.05, 0) is 43.4 Å². The number of hydrogen-bond acceptors (Lipinski definition) is 7. The number of fused-ring (bicyclic) bond motifs is 2. The first-order chi connectivity index (χ1) is 12.2. The van der Waals surface area contributed by atoms with Gasteiger partial charge in [0.05, 0.1) is 24.5 Å². The topological polar surface area (TPSA) is 60.5 Å². The number of aromatic nitrogens is 1. The molecule has 1 aromatic carbocycles. The lowest BCUT2D eigenvalue weighted by Gasteiger charge is -2.11. The van der Waals surface area contributed by atoms with Crippen molar-refractivity contribution in [1.29, 1.82) is 0 Å². The Hall–Kier alpha value is -2.12. The molecule has 25 heavy (non-hydrogen) atoms. The molecular formula is C18H18N2O3S2. The molecule has 1 aliphatic rings. The molecule has 130 valence electrons. The van der Waals surface area contributed by atoms with Crippen LogP contribution in [0.1, 0.15) is 33.6 Å². The van der Waals surface area contributed by atoms with Crippen molar-refractivity contribution in [2.24, 2.45) is 0 Å². The first-order valence-electron chi connectivity index (χ1n) is 8.14. The van der Waals surface area contributed by atoms with Gasteiger partial charge in [-0.3, -0.25) is 0 Å². The lowest BCUT2D eigenvalue weighted by Crippen LogP contribution is -2.09. The van der Waals surface area contributed by atoms with E-state index in [1.165, 1.54) is 18.4 Å². The van der Waals surface area contributed by atoms with Gasteiger partial charge in [-0.2, -0.15) is 0 Å². The van der Waals surface area contributed by atoms with Gasteiger partial charge in [0.1, 0.15) is 16.3 Å². The minimum Gasteiger partial charge on any atom is -0.494 e. The Bertz CT molecular complexity index is 945. The first kappa shape index (κ1) is 16.4. The number of anilines is 2. The zero-order valence-electron chi connectivity index (χ0n) is 14.0. The Balaban J connectivity index is 1.75. The Kier molecular flexibility index (Phi) is 4.35. The fourth-order valence-electron chi connectivity index (χ4n) is 3.21. The summed E-state index contributed by atoms with van der Waals surface area (Å²) in [5.74, 6) is 0.473. The van der Waals surface area contributed by atoms with Crippen molar-refractivity contribution < 1.29 is 14.3 Å². The predicted molar refractivity (Wildman–Crippen MR) is 102 cm³/mol. The molecule has 7 heteroatoms. The highest BCUT2D eigenvalue weighted by Gasteiger charge is 2.26. The molecule has 0 radical (unpaired) electrons. The number of thiophene rings is 1. The summed E-state index contributed by atoms with van der Waals surface area (Å²) >= 11 is 3.19. The average Bonchev–Trinajstić information content (AvgIpc) is 3.21. The lowest BCUT2D eigenvalue weighted by molar-refractivity contribution is 0.0601. The van der Waals surface area contributed by atoms with E-state index in [0.717, 1.165) is 50.9 Å². The number of para-hydroxylation sites is 1. The SMILES string of the molecule is COC(=O)c1c(Nc2nc3c(OC)cccc3s2)sc2c1CCCC2. The molecule has 3 aromatic rings. The van der Waals surface area contributed by atoms with E-state index in [2.05, 4.69) is 10.3 Å². The Morgan fingerprint density at radius 1 is 1.20 bits per heavy atom. The van der Waals surface area contributed by atoms with Crippen molar-refractivity contribution in [1.82, 2.24) is 4.98 Å². The number of nitrogens with zero attached hydrogens (tertiary/aromatic N) is 1. The summed E-state index contributed by atoms with van der Waals surface area (Å²) < 4.78 is 11.5. The van der Waals surface area contributed by atoms with Gasteiger partial charge in [-0.25, -0.2) is 9.78 Å². The second kappa shape index (κ2) is 6.65. The molecule has 0 atom stereocenters. The maximum Gasteiger partial charge on any atom is 0.341 e. The highest BCUT2D eigenvalue weighted by Crippen LogP contribution is 2.41. The van der Waals surface area contributed by atoms with Crippen LogP contribution in [-0.2, 0) is 17.6 Å². The van der Waals surface area contributed by atoms with Crippen LogP contribution in [0.2, 0.25) is 0 Å². The van der Waals surface area contributed by atoms with Crippen LogP contribution in [0, 0.1) is 0 Å². The molecule has 0 bridgehead atoms. The number of rotatable bonds is 4. The Labute approximate surface area is 153 Å². The van der Waals surface area contributed by atoms with E-state index < -0.39 is 0 Å². The minimum absolute atomic E-state index is 0.277. The van der Waals surface area contributed by atoms with Gasteiger partial charge in [0, 0.05) is 4.88 Å². The number of carbonyl (C=O) groups is 1. The fraction of sp³-hybridized carbons (Fsp3) is 0.333. The number of nitrogens with one attached hydrogen (secondary N) is 1. The van der Waals surface area contributed by atoms with E-state index in [1.807, 2.05) is 18.2 Å². The molecule has 1 N–H and O–H groups in total. The summed E-state index contributed by atoms with van der Waals surface area (Å²) in [4.78, 5) is 18.3. The normalized spacial score (nSPS) is 13.5. The van der Waals surface area contributed by atoms with Crippen LogP contribution in [-0.4, -0.2) is 25.2 Å². The minimum atomic E-state index is -0.277. The third kappa shape index (κ3) is 2.87. The summed E-state index contributed by atoms with van der Waals surface area (Å²) in [5.41, 5.74) is 2.65. The van der Waals surface area contributed by atoms with Crippen LogP contribution in [0.4, 0.5) is 10.1 Å². The van der Waals surface area contributed by atoms with Crippen molar-refractivity contribution in [3.05, 3.63) is 34.2 Å². The number of esters is 1. The number of aryl methyl sites for hydroxylation is 1. The molecule has 0 spiro atoms. The van der Waals surface area contributed by atoms with Crippen molar-refractivity contribution in [3.63, 3.8) is 0 Å². The average molecular weight is 374 g/mol. The van der Waals surface area contributed by atoms with Crippen LogP contribution in [0.15, 0.2) is 18.2 Å². The van der Waals surface area contributed by atoms with Gasteiger partial charge in [0.15, 0.2) is 5.13 Å². The quantitative estimate of drug-likeness (QED) is 0.666. The van der Waals surface area contributed by atoms with E-state index in [0.29, 0.717) is 5.56 Å². The second-order valence-electron chi connectivity index (χ2n) is 5.86. The van der Waals surface area contributed by atoms with Gasteiger partial charge in [-0.15, -0.1) is 11.3 Å². The maximum atomic E-state index is 12.3. The number of hydrogen-bond donors (Lipinski definition) is 1. The van der Waals surface area contributed by atoms with E-state index >= 15 is 0 Å². The number of ether oxygens (including phenoxy) is 2. The molecule has 0 aliphatic heterocycles. The molecule has 0 saturated heterocycles. The molecule has 0 saturated carbocycles. The fourth-order valence-corrected chi connectivity index (χ4v) is 5.44. The van der Waals surface area contributed by atoms with Crippen molar-refractivity contribution >= 4 is 49.0 Å². The van der Waals surface area contributed by atoms with Crippen LogP contribution in [0.25, 0.3) is 10.2 Å². The van der Waals surface area contributed by atoms with Crippen LogP contribution < -0.4 is 10.1 Å². The lowest BCUT2D eigenvalue weighted by atomic mass is 9.95. The van der Waals surface area contributed by atoms with Crippen LogP contribution in [0.5, 0.6) is 5.75 Å². The zero-order chi connectivity index (χ0) is 17.4. The van der Waals surface area contributed by atoms with Crippen molar-refractivity contribution in [3.8, 4) is 5.75 Å². The smallest absolute Gasteiger partial charge is 0.341 e. The van der Waals surface area contributed by atoms with Gasteiger partial charge in [0.2, 0.25) is 0 Å². The van der Waals surface area contributed by atoms with Gasteiger partial charge in [0.25, 0.3) is 0 Å². The number of thiazole rings is 1. The zero-order valence-corrected chi connectivity index (χ0v) is 15.7. The van der Waals surface area contributed by atoms with E-state index in [4.69, 9.17) is 9.47 Å². The largest absolute Gasteiger partial charge is 0.494 e. The maximum absolute atomic E-state index is 12.3. The molecule has 2 aromatic heterocycles. The standard InChI is InChI=1S/C18H18N2O3S2/c1-22-11-7-5-9-13-15(11)19-18(25-13)20-16-14(17(21)23-2)10-6-3-4-8-12(10)24-16/h5,7,9H,3-4,6,8H2,1-2H3,(H,19,20). The highest BCUT2D eigenvalue weighted by atomic mass is 32.1. The molecule has 4 rings (SSSR count). The molecule has 1 aliphatic carbocycles. The molecule has 0 unspecified atom stereocenters. The monoisotopic (exact) mass is 374 g/mol. The van der Waals surface area contributed by atoms with Crippen molar-refractivity contribution in [2.75, 3.05) is 19.5 Å². The number of methoxy groups -OCH3 is 2. The molecular weight excluding hydrogens is 356 g/mol. The molecule has 0 amide bonds. The Morgan fingerprint density at radius 3 is 2.84 bits per heavy atom. The third-order valence-corrected chi connectivity index (χ3v) is 6.53. The molecule has 0 fully saturated rings. The van der Waals surface area contributed by atoms with E-state index in [-0.39, 0.29) is 5.97 Å². The summed E-state index contributed by atoms with van der Waals surface area (Å²) in [7, 11) is 3.07. The summed E-state index contributed by atoms with van der Waals surface area (Å²) in [6.45, 7) is 0. The van der Waals surface area contributed by atoms with E-state index in [9.17, 15) is 4.79 Å². The number of benzene rings is 1. The molecule has 5 nitrogen and oxygen atoms in total. The molecule has 2 heterocycles. The van der Waals surface area contributed by atoms with E-state index in [1.54, 1.807) is 29.8 Å². The summed E-state index contributed by atoms with van der Waals surface area (Å²) in [5, 5.41) is 4.94. The summed E-state index contributed by atoms with van der Waals surface area (Å²) in [6, 6.07) is 5.86. The first-order valence-corrected chi connectivity index (χ1v) is 9.78. The predicted octanol–water partition coefficient (Wildman–Crippen LogP) is 4.78. The second-order valence-corrected chi connectivity index (χ2v) is 7.99. The van der Waals surface area contributed by atoms with Gasteiger partial charge >= 0.3 is 5.97 Å². The number of carbonyl (C=O) groups excluding carboxylic acids is 1. The Morgan fingerprint density at radius 2 is 2.04 bits per heavy atom.